The molecule has 0 radical (unpaired) electrons. The third-order valence-corrected chi connectivity index (χ3v) is 3.93. The molecule has 0 N–H and O–H groups in total. The molecule has 1 heterocycles. The fourth-order valence-corrected chi connectivity index (χ4v) is 2.92. The van der Waals surface area contributed by atoms with Gasteiger partial charge in [0.25, 0.3) is 9.05 Å². The first-order chi connectivity index (χ1) is 7.41. The van der Waals surface area contributed by atoms with Gasteiger partial charge in [-0.05, 0) is 31.5 Å². The van der Waals surface area contributed by atoms with Crippen LogP contribution >= 0.6 is 10.7 Å². The molecule has 0 amide bonds. The molecule has 1 aromatic carbocycles. The van der Waals surface area contributed by atoms with Crippen molar-refractivity contribution in [1.82, 2.24) is 4.98 Å². The molecule has 0 saturated carbocycles. The van der Waals surface area contributed by atoms with E-state index in [1.54, 1.807) is 18.3 Å². The van der Waals surface area contributed by atoms with E-state index in [1.165, 1.54) is 6.07 Å². The summed E-state index contributed by atoms with van der Waals surface area (Å²) >= 11 is 0. The molecule has 0 aliphatic heterocycles. The van der Waals surface area contributed by atoms with Gasteiger partial charge in [0.1, 0.15) is 0 Å². The lowest BCUT2D eigenvalue weighted by Crippen LogP contribution is -1.95. The Morgan fingerprint density at radius 2 is 1.88 bits per heavy atom. The zero-order valence-corrected chi connectivity index (χ0v) is 10.4. The lowest BCUT2D eigenvalue weighted by molar-refractivity contribution is 0.610. The van der Waals surface area contributed by atoms with Crippen LogP contribution in [0.1, 0.15) is 11.3 Å². The molecule has 3 nitrogen and oxygen atoms in total. The predicted octanol–water partition coefficient (Wildman–Crippen LogP) is 2.78. The Balaban J connectivity index is 3.02. The number of pyridine rings is 1. The number of hydrogen-bond acceptors (Lipinski definition) is 3. The van der Waals surface area contributed by atoms with Crippen LogP contribution in [0.15, 0.2) is 29.3 Å². The maximum atomic E-state index is 11.4. The highest BCUT2D eigenvalue weighted by Crippen LogP contribution is 2.29. The maximum absolute atomic E-state index is 11.4. The number of nitrogens with zero attached hydrogens (tertiary/aromatic N) is 1. The van der Waals surface area contributed by atoms with Gasteiger partial charge in [-0.3, -0.25) is 4.98 Å². The van der Waals surface area contributed by atoms with Crippen molar-refractivity contribution in [3.05, 3.63) is 35.7 Å². The second kappa shape index (κ2) is 3.71. The molecule has 0 fully saturated rings. The number of aromatic nitrogens is 1. The molecule has 0 aliphatic carbocycles. The number of benzene rings is 1. The van der Waals surface area contributed by atoms with E-state index in [0.717, 1.165) is 16.6 Å². The summed E-state index contributed by atoms with van der Waals surface area (Å²) in [7, 11) is 1.68. The van der Waals surface area contributed by atoms with Gasteiger partial charge in [-0.25, -0.2) is 8.42 Å². The molecule has 2 aromatic rings. The summed E-state index contributed by atoms with van der Waals surface area (Å²) in [6, 6.07) is 4.94. The lowest BCUT2D eigenvalue weighted by Gasteiger charge is -2.08. The average molecular weight is 256 g/mol. The van der Waals surface area contributed by atoms with Crippen LogP contribution in [0.3, 0.4) is 0 Å². The van der Waals surface area contributed by atoms with E-state index in [2.05, 4.69) is 4.98 Å². The highest BCUT2D eigenvalue weighted by Gasteiger charge is 2.15. The second-order valence-corrected chi connectivity index (χ2v) is 6.17. The van der Waals surface area contributed by atoms with Gasteiger partial charge in [0.15, 0.2) is 0 Å². The van der Waals surface area contributed by atoms with Crippen LogP contribution in [0.25, 0.3) is 10.8 Å². The molecule has 16 heavy (non-hydrogen) atoms. The Morgan fingerprint density at radius 1 is 1.19 bits per heavy atom. The summed E-state index contributed by atoms with van der Waals surface area (Å²) < 4.78 is 22.8. The molecule has 0 aliphatic rings. The Hall–Kier alpha value is -1.13. The molecular formula is C11H10ClNO2S. The second-order valence-electron chi connectivity index (χ2n) is 3.64. The summed E-state index contributed by atoms with van der Waals surface area (Å²) in [6.45, 7) is 3.77. The molecule has 0 bridgehead atoms. The van der Waals surface area contributed by atoms with Crippen LogP contribution in [0.2, 0.25) is 0 Å². The number of rotatable bonds is 1. The summed E-state index contributed by atoms with van der Waals surface area (Å²) in [5.74, 6) is 0. The van der Waals surface area contributed by atoms with E-state index in [4.69, 9.17) is 10.7 Å². The monoisotopic (exact) mass is 255 g/mol. The molecule has 2 rings (SSSR count). The van der Waals surface area contributed by atoms with Crippen molar-refractivity contribution in [3.8, 4) is 0 Å². The van der Waals surface area contributed by atoms with E-state index in [0.29, 0.717) is 5.39 Å². The zero-order valence-electron chi connectivity index (χ0n) is 8.86. The van der Waals surface area contributed by atoms with Crippen LogP contribution in [-0.2, 0) is 9.05 Å². The molecule has 0 unspecified atom stereocenters. The van der Waals surface area contributed by atoms with Gasteiger partial charge in [0, 0.05) is 33.3 Å². The third-order valence-electron chi connectivity index (χ3n) is 2.55. The van der Waals surface area contributed by atoms with Gasteiger partial charge in [0.05, 0.1) is 4.90 Å². The molecule has 0 atom stereocenters. The van der Waals surface area contributed by atoms with Crippen LogP contribution in [0, 0.1) is 13.8 Å². The maximum Gasteiger partial charge on any atom is 0.261 e. The quantitative estimate of drug-likeness (QED) is 0.736. The van der Waals surface area contributed by atoms with Crippen molar-refractivity contribution < 1.29 is 8.42 Å². The van der Waals surface area contributed by atoms with Gasteiger partial charge in [-0.1, -0.05) is 6.07 Å². The molecule has 0 spiro atoms. The minimum Gasteiger partial charge on any atom is -0.261 e. The van der Waals surface area contributed by atoms with Crippen molar-refractivity contribution in [2.24, 2.45) is 0 Å². The Kier molecular flexibility index (Phi) is 2.64. The van der Waals surface area contributed by atoms with E-state index >= 15 is 0 Å². The Labute approximate surface area is 98.5 Å². The number of fused-ring (bicyclic) bond motifs is 1. The first-order valence-corrected chi connectivity index (χ1v) is 7.02. The van der Waals surface area contributed by atoms with Gasteiger partial charge in [-0.15, -0.1) is 0 Å². The normalized spacial score (nSPS) is 11.9. The summed E-state index contributed by atoms with van der Waals surface area (Å²) in [5, 5.41) is 1.48. The van der Waals surface area contributed by atoms with Gasteiger partial charge in [0.2, 0.25) is 0 Å². The minimum atomic E-state index is -3.72. The predicted molar refractivity (Wildman–Crippen MR) is 64.3 cm³/mol. The largest absolute Gasteiger partial charge is 0.261 e. The third kappa shape index (κ3) is 1.79. The standard InChI is InChI=1S/C11H10ClNO2S/c1-7-3-4-10(16(12,14)15)9-5-6-13-8(2)11(7)9/h3-6H,1-2H3. The van der Waals surface area contributed by atoms with Gasteiger partial charge < -0.3 is 0 Å². The average Bonchev–Trinajstić information content (AvgIpc) is 2.16. The first-order valence-electron chi connectivity index (χ1n) is 4.71. The van der Waals surface area contributed by atoms with Crippen molar-refractivity contribution in [2.45, 2.75) is 18.7 Å². The van der Waals surface area contributed by atoms with Crippen LogP contribution in [-0.4, -0.2) is 13.4 Å². The first kappa shape index (κ1) is 11.4. The molecule has 1 aromatic heterocycles. The fraction of sp³-hybridized carbons (Fsp3) is 0.182. The highest BCUT2D eigenvalue weighted by molar-refractivity contribution is 8.14. The number of halogens is 1. The van der Waals surface area contributed by atoms with E-state index in [1.807, 2.05) is 13.8 Å². The highest BCUT2D eigenvalue weighted by atomic mass is 35.7. The molecule has 0 saturated heterocycles. The van der Waals surface area contributed by atoms with Gasteiger partial charge >= 0.3 is 0 Å². The summed E-state index contributed by atoms with van der Waals surface area (Å²) in [4.78, 5) is 4.29. The van der Waals surface area contributed by atoms with Crippen molar-refractivity contribution in [2.75, 3.05) is 0 Å². The number of hydrogen-bond donors (Lipinski definition) is 0. The van der Waals surface area contributed by atoms with Crippen molar-refractivity contribution in [3.63, 3.8) is 0 Å². The van der Waals surface area contributed by atoms with Crippen molar-refractivity contribution in [1.29, 1.82) is 0 Å². The Morgan fingerprint density at radius 3 is 2.50 bits per heavy atom. The van der Waals surface area contributed by atoms with Crippen molar-refractivity contribution >= 4 is 30.5 Å². The minimum absolute atomic E-state index is 0.139. The Bertz CT molecular complexity index is 657. The van der Waals surface area contributed by atoms with E-state index < -0.39 is 9.05 Å². The topological polar surface area (TPSA) is 47.0 Å². The molecule has 84 valence electrons. The lowest BCUT2D eigenvalue weighted by atomic mass is 10.1. The summed E-state index contributed by atoms with van der Waals surface area (Å²) in [5.41, 5.74) is 1.79. The molecule has 5 heteroatoms. The number of aryl methyl sites for hydroxylation is 2. The molecular weight excluding hydrogens is 246 g/mol. The zero-order chi connectivity index (χ0) is 11.9. The smallest absolute Gasteiger partial charge is 0.261 e. The SMILES string of the molecule is Cc1ccc(S(=O)(=O)Cl)c2ccnc(C)c12. The summed E-state index contributed by atoms with van der Waals surface area (Å²) in [6.07, 6.45) is 1.59. The van der Waals surface area contributed by atoms with Crippen LogP contribution in [0.4, 0.5) is 0 Å². The fourth-order valence-electron chi connectivity index (χ4n) is 1.86. The van der Waals surface area contributed by atoms with Gasteiger partial charge in [-0.2, -0.15) is 0 Å². The van der Waals surface area contributed by atoms with E-state index in [9.17, 15) is 8.42 Å². The van der Waals surface area contributed by atoms with Crippen LogP contribution in [0.5, 0.6) is 0 Å². The van der Waals surface area contributed by atoms with E-state index in [-0.39, 0.29) is 4.90 Å². The van der Waals surface area contributed by atoms with Crippen LogP contribution < -0.4 is 0 Å².